The molecule has 2 N–H and O–H groups in total. The molecule has 1 aromatic carbocycles. The summed E-state index contributed by atoms with van der Waals surface area (Å²) < 4.78 is 5.06. The van der Waals surface area contributed by atoms with Gasteiger partial charge in [0.15, 0.2) is 0 Å². The summed E-state index contributed by atoms with van der Waals surface area (Å²) in [5.41, 5.74) is 5.11. The number of hydrazine groups is 1. The van der Waals surface area contributed by atoms with E-state index < -0.39 is 5.91 Å². The van der Waals surface area contributed by atoms with Crippen molar-refractivity contribution >= 4 is 11.8 Å². The molecule has 1 rings (SSSR count). The Morgan fingerprint density at radius 2 is 1.89 bits per heavy atom. The molecular formula is C13H18N2O3. The van der Waals surface area contributed by atoms with Crippen molar-refractivity contribution in [1.29, 1.82) is 0 Å². The molecule has 0 heterocycles. The van der Waals surface area contributed by atoms with Gasteiger partial charge in [0.05, 0.1) is 12.7 Å². The minimum absolute atomic E-state index is 0.215. The van der Waals surface area contributed by atoms with Gasteiger partial charge < -0.3 is 4.74 Å². The topological polar surface area (TPSA) is 67.4 Å². The monoisotopic (exact) mass is 250 g/mol. The van der Waals surface area contributed by atoms with E-state index in [4.69, 9.17) is 4.74 Å². The molecule has 0 unspecified atom stereocenters. The molecule has 98 valence electrons. The Hall–Kier alpha value is -2.04. The van der Waals surface area contributed by atoms with E-state index in [1.165, 1.54) is 7.11 Å². The number of ether oxygens (including phenoxy) is 1. The number of rotatable bonds is 4. The van der Waals surface area contributed by atoms with Gasteiger partial charge in [0.2, 0.25) is 5.91 Å². The second-order valence-corrected chi connectivity index (χ2v) is 4.30. The zero-order valence-corrected chi connectivity index (χ0v) is 10.8. The Kier molecular flexibility index (Phi) is 5.17. The van der Waals surface area contributed by atoms with Crippen LogP contribution in [0.2, 0.25) is 0 Å². The molecule has 5 nitrogen and oxygen atoms in total. The third-order valence-corrected chi connectivity index (χ3v) is 2.26. The quantitative estimate of drug-likeness (QED) is 0.796. The van der Waals surface area contributed by atoms with Gasteiger partial charge in [0.1, 0.15) is 5.75 Å². The fourth-order valence-corrected chi connectivity index (χ4v) is 1.45. The summed E-state index contributed by atoms with van der Waals surface area (Å²) in [6.07, 6.45) is 0.367. The number of hydrogen-bond acceptors (Lipinski definition) is 3. The number of carbonyl (C=O) groups is 2. The van der Waals surface area contributed by atoms with Gasteiger partial charge in [-0.2, -0.15) is 0 Å². The van der Waals surface area contributed by atoms with Crippen molar-refractivity contribution in [3.05, 3.63) is 29.8 Å². The Morgan fingerprint density at radius 1 is 1.22 bits per heavy atom. The van der Waals surface area contributed by atoms with Crippen LogP contribution in [0, 0.1) is 5.92 Å². The van der Waals surface area contributed by atoms with Gasteiger partial charge in [-0.25, -0.2) is 0 Å². The molecule has 0 radical (unpaired) electrons. The van der Waals surface area contributed by atoms with E-state index in [0.29, 0.717) is 17.7 Å². The van der Waals surface area contributed by atoms with Crippen LogP contribution < -0.4 is 15.6 Å². The van der Waals surface area contributed by atoms with E-state index in [0.717, 1.165) is 0 Å². The molecular weight excluding hydrogens is 232 g/mol. The predicted octanol–water partition coefficient (Wildman–Crippen LogP) is 1.50. The Bertz CT molecular complexity index is 430. The first-order chi connectivity index (χ1) is 8.54. The van der Waals surface area contributed by atoms with Crippen LogP contribution in [0.15, 0.2) is 24.3 Å². The highest BCUT2D eigenvalue weighted by Crippen LogP contribution is 2.16. The first-order valence-corrected chi connectivity index (χ1v) is 5.76. The van der Waals surface area contributed by atoms with Crippen molar-refractivity contribution in [3.63, 3.8) is 0 Å². The second-order valence-electron chi connectivity index (χ2n) is 4.30. The van der Waals surface area contributed by atoms with Crippen LogP contribution in [0.25, 0.3) is 0 Å². The number of benzene rings is 1. The molecule has 5 heteroatoms. The van der Waals surface area contributed by atoms with Gasteiger partial charge in [-0.05, 0) is 18.1 Å². The fraction of sp³-hybridized carbons (Fsp3) is 0.385. The van der Waals surface area contributed by atoms with E-state index in [9.17, 15) is 9.59 Å². The van der Waals surface area contributed by atoms with Gasteiger partial charge >= 0.3 is 0 Å². The summed E-state index contributed by atoms with van der Waals surface area (Å²) >= 11 is 0. The number of para-hydroxylation sites is 1. The van der Waals surface area contributed by atoms with E-state index in [2.05, 4.69) is 10.9 Å². The van der Waals surface area contributed by atoms with Crippen LogP contribution in [0.4, 0.5) is 0 Å². The van der Waals surface area contributed by atoms with Crippen molar-refractivity contribution in [2.45, 2.75) is 20.3 Å². The average Bonchev–Trinajstić information content (AvgIpc) is 2.35. The zero-order chi connectivity index (χ0) is 13.5. The van der Waals surface area contributed by atoms with E-state index >= 15 is 0 Å². The molecule has 0 saturated heterocycles. The van der Waals surface area contributed by atoms with Crippen molar-refractivity contribution in [1.82, 2.24) is 10.9 Å². The molecule has 0 spiro atoms. The number of carbonyl (C=O) groups excluding carboxylic acids is 2. The van der Waals surface area contributed by atoms with Crippen molar-refractivity contribution in [3.8, 4) is 5.75 Å². The highest BCUT2D eigenvalue weighted by atomic mass is 16.5. The number of hydrogen-bond donors (Lipinski definition) is 2. The maximum absolute atomic E-state index is 11.8. The first-order valence-electron chi connectivity index (χ1n) is 5.76. The molecule has 0 aromatic heterocycles. The normalized spacial score (nSPS) is 10.0. The van der Waals surface area contributed by atoms with Crippen LogP contribution in [0.3, 0.4) is 0 Å². The summed E-state index contributed by atoms with van der Waals surface area (Å²) in [4.78, 5) is 23.2. The highest BCUT2D eigenvalue weighted by molar-refractivity contribution is 5.97. The maximum Gasteiger partial charge on any atom is 0.273 e. The molecule has 2 amide bonds. The lowest BCUT2D eigenvalue weighted by atomic mass is 10.1. The summed E-state index contributed by atoms with van der Waals surface area (Å²) in [7, 11) is 1.49. The minimum atomic E-state index is -0.399. The van der Waals surface area contributed by atoms with Crippen LogP contribution in [0.1, 0.15) is 30.6 Å². The molecule has 0 aliphatic carbocycles. The second kappa shape index (κ2) is 6.64. The van der Waals surface area contributed by atoms with Crippen LogP contribution in [-0.4, -0.2) is 18.9 Å². The minimum Gasteiger partial charge on any atom is -0.496 e. The standard InChI is InChI=1S/C13H18N2O3/c1-9(2)8-12(16)14-15-13(17)10-6-4-5-7-11(10)18-3/h4-7,9H,8H2,1-3H3,(H,14,16)(H,15,17). The van der Waals surface area contributed by atoms with Gasteiger partial charge in [0.25, 0.3) is 5.91 Å². The maximum atomic E-state index is 11.8. The van der Waals surface area contributed by atoms with Gasteiger partial charge in [0, 0.05) is 6.42 Å². The summed E-state index contributed by atoms with van der Waals surface area (Å²) in [6, 6.07) is 6.81. The summed E-state index contributed by atoms with van der Waals surface area (Å²) in [5.74, 6) is 0.0964. The molecule has 0 atom stereocenters. The Balaban J connectivity index is 2.58. The SMILES string of the molecule is COc1ccccc1C(=O)NNC(=O)CC(C)C. The lowest BCUT2D eigenvalue weighted by Crippen LogP contribution is -2.42. The molecule has 0 aliphatic rings. The first kappa shape index (κ1) is 14.0. The largest absolute Gasteiger partial charge is 0.496 e. The lowest BCUT2D eigenvalue weighted by Gasteiger charge is -2.10. The number of methoxy groups -OCH3 is 1. The van der Waals surface area contributed by atoms with E-state index in [-0.39, 0.29) is 11.8 Å². The van der Waals surface area contributed by atoms with Crippen molar-refractivity contribution < 1.29 is 14.3 Å². The third-order valence-electron chi connectivity index (χ3n) is 2.26. The van der Waals surface area contributed by atoms with Crippen LogP contribution in [-0.2, 0) is 4.79 Å². The molecule has 0 aliphatic heterocycles. The van der Waals surface area contributed by atoms with Crippen LogP contribution in [0.5, 0.6) is 5.75 Å². The van der Waals surface area contributed by atoms with Gasteiger partial charge in [-0.1, -0.05) is 26.0 Å². The molecule has 18 heavy (non-hydrogen) atoms. The average molecular weight is 250 g/mol. The zero-order valence-electron chi connectivity index (χ0n) is 10.8. The molecule has 1 aromatic rings. The van der Waals surface area contributed by atoms with Crippen molar-refractivity contribution in [2.24, 2.45) is 5.92 Å². The summed E-state index contributed by atoms with van der Waals surface area (Å²) in [6.45, 7) is 3.86. The van der Waals surface area contributed by atoms with Gasteiger partial charge in [-0.3, -0.25) is 20.4 Å². The number of amides is 2. The third kappa shape index (κ3) is 4.08. The van der Waals surface area contributed by atoms with E-state index in [1.54, 1.807) is 24.3 Å². The molecule has 0 bridgehead atoms. The summed E-state index contributed by atoms with van der Waals surface area (Å²) in [5, 5.41) is 0. The molecule has 0 fully saturated rings. The van der Waals surface area contributed by atoms with Gasteiger partial charge in [-0.15, -0.1) is 0 Å². The Morgan fingerprint density at radius 3 is 2.50 bits per heavy atom. The van der Waals surface area contributed by atoms with E-state index in [1.807, 2.05) is 13.8 Å². The highest BCUT2D eigenvalue weighted by Gasteiger charge is 2.12. The number of nitrogens with one attached hydrogen (secondary N) is 2. The molecule has 0 saturated carbocycles. The smallest absolute Gasteiger partial charge is 0.273 e. The lowest BCUT2D eigenvalue weighted by molar-refractivity contribution is -0.122. The fourth-order valence-electron chi connectivity index (χ4n) is 1.45. The Labute approximate surface area is 106 Å². The van der Waals surface area contributed by atoms with Crippen molar-refractivity contribution in [2.75, 3.05) is 7.11 Å². The van der Waals surface area contributed by atoms with Crippen LogP contribution >= 0.6 is 0 Å². The predicted molar refractivity (Wildman–Crippen MR) is 68.1 cm³/mol.